The number of thiophene rings is 2. The number of hydrogen-bond donors (Lipinski definition) is 0. The SMILES string of the molecule is Cc1c(C(=O)CSc2nnc(-c3cccs3)n2CC2CCCO2)sc2ccccc12. The topological polar surface area (TPSA) is 57.0 Å². The lowest BCUT2D eigenvalue weighted by molar-refractivity contribution is 0.0953. The van der Waals surface area contributed by atoms with Crippen molar-refractivity contribution in [3.8, 4) is 10.7 Å². The number of ether oxygens (including phenoxy) is 1. The first-order chi connectivity index (χ1) is 14.7. The summed E-state index contributed by atoms with van der Waals surface area (Å²) < 4.78 is 9.13. The molecule has 0 N–H and O–H groups in total. The minimum atomic E-state index is 0.142. The van der Waals surface area contributed by atoms with Gasteiger partial charge in [0.05, 0.1) is 28.2 Å². The highest BCUT2D eigenvalue weighted by Crippen LogP contribution is 2.33. The van der Waals surface area contributed by atoms with Gasteiger partial charge in [0.25, 0.3) is 0 Å². The number of aryl methyl sites for hydroxylation is 1. The number of thioether (sulfide) groups is 1. The minimum absolute atomic E-state index is 0.142. The van der Waals surface area contributed by atoms with Gasteiger partial charge < -0.3 is 4.74 Å². The van der Waals surface area contributed by atoms with Crippen molar-refractivity contribution in [1.29, 1.82) is 0 Å². The first kappa shape index (κ1) is 19.9. The van der Waals surface area contributed by atoms with E-state index in [2.05, 4.69) is 33.0 Å². The molecular weight excluding hydrogens is 434 g/mol. The Hall–Kier alpha value is -2.00. The number of carbonyl (C=O) groups excluding carboxylic acids is 1. The fourth-order valence-electron chi connectivity index (χ4n) is 3.78. The fourth-order valence-corrected chi connectivity index (χ4v) is 6.55. The molecule has 1 aromatic carbocycles. The fraction of sp³-hybridized carbons (Fsp3) is 0.318. The monoisotopic (exact) mass is 455 g/mol. The van der Waals surface area contributed by atoms with Gasteiger partial charge in [-0.1, -0.05) is 36.0 Å². The average molecular weight is 456 g/mol. The maximum atomic E-state index is 13.0. The van der Waals surface area contributed by atoms with E-state index < -0.39 is 0 Å². The molecule has 0 bridgehead atoms. The Morgan fingerprint density at radius 1 is 1.27 bits per heavy atom. The molecule has 8 heteroatoms. The third-order valence-electron chi connectivity index (χ3n) is 5.30. The van der Waals surface area contributed by atoms with Crippen LogP contribution in [-0.4, -0.2) is 39.0 Å². The number of carbonyl (C=O) groups is 1. The molecule has 5 nitrogen and oxygen atoms in total. The Labute approximate surface area is 187 Å². The summed E-state index contributed by atoms with van der Waals surface area (Å²) in [6.45, 7) is 3.57. The smallest absolute Gasteiger partial charge is 0.192 e. The lowest BCUT2D eigenvalue weighted by Gasteiger charge is -2.14. The van der Waals surface area contributed by atoms with E-state index in [1.807, 2.05) is 30.5 Å². The van der Waals surface area contributed by atoms with Crippen molar-refractivity contribution in [3.05, 3.63) is 52.2 Å². The van der Waals surface area contributed by atoms with Gasteiger partial charge >= 0.3 is 0 Å². The molecule has 4 aromatic rings. The average Bonchev–Trinajstić information content (AvgIpc) is 3.55. The van der Waals surface area contributed by atoms with Crippen LogP contribution in [0.4, 0.5) is 0 Å². The molecule has 1 aliphatic heterocycles. The molecule has 0 saturated carbocycles. The van der Waals surface area contributed by atoms with Gasteiger partial charge in [0, 0.05) is 11.3 Å². The molecule has 4 heterocycles. The van der Waals surface area contributed by atoms with Crippen LogP contribution >= 0.6 is 34.4 Å². The minimum Gasteiger partial charge on any atom is -0.376 e. The molecule has 0 amide bonds. The quantitative estimate of drug-likeness (QED) is 0.265. The van der Waals surface area contributed by atoms with Crippen molar-refractivity contribution in [2.45, 2.75) is 37.6 Å². The first-order valence-electron chi connectivity index (χ1n) is 9.93. The lowest BCUT2D eigenvalue weighted by Crippen LogP contribution is -2.17. The third-order valence-corrected chi connectivity index (χ3v) is 8.44. The van der Waals surface area contributed by atoms with E-state index in [0.717, 1.165) is 62.4 Å². The maximum Gasteiger partial charge on any atom is 0.192 e. The van der Waals surface area contributed by atoms with Gasteiger partial charge in [-0.3, -0.25) is 9.36 Å². The number of hydrogen-bond acceptors (Lipinski definition) is 7. The summed E-state index contributed by atoms with van der Waals surface area (Å²) in [4.78, 5) is 14.9. The summed E-state index contributed by atoms with van der Waals surface area (Å²) >= 11 is 4.69. The van der Waals surface area contributed by atoms with Crippen LogP contribution in [0.2, 0.25) is 0 Å². The van der Waals surface area contributed by atoms with E-state index in [4.69, 9.17) is 4.74 Å². The van der Waals surface area contributed by atoms with Crippen LogP contribution in [-0.2, 0) is 11.3 Å². The van der Waals surface area contributed by atoms with Crippen molar-refractivity contribution in [2.24, 2.45) is 0 Å². The first-order valence-corrected chi connectivity index (χ1v) is 12.6. The van der Waals surface area contributed by atoms with Gasteiger partial charge in [-0.25, -0.2) is 0 Å². The largest absolute Gasteiger partial charge is 0.376 e. The van der Waals surface area contributed by atoms with E-state index in [9.17, 15) is 4.79 Å². The summed E-state index contributed by atoms with van der Waals surface area (Å²) in [5.74, 6) is 1.35. The van der Waals surface area contributed by atoms with E-state index in [0.29, 0.717) is 5.75 Å². The zero-order valence-corrected chi connectivity index (χ0v) is 19.0. The standard InChI is InChI=1S/C22H21N3O2S3/c1-14-16-7-2-3-8-18(16)30-20(14)17(26)13-29-22-24-23-21(19-9-5-11-28-19)25(22)12-15-6-4-10-27-15/h2-3,5,7-9,11,15H,4,6,10,12-13H2,1H3. The molecule has 5 rings (SSSR count). The summed E-state index contributed by atoms with van der Waals surface area (Å²) in [7, 11) is 0. The molecule has 1 unspecified atom stereocenters. The van der Waals surface area contributed by atoms with Crippen molar-refractivity contribution in [3.63, 3.8) is 0 Å². The predicted octanol–water partition coefficient (Wildman–Crippen LogP) is 5.68. The normalized spacial score (nSPS) is 16.5. The van der Waals surface area contributed by atoms with Crippen LogP contribution < -0.4 is 0 Å². The molecular formula is C22H21N3O2S3. The molecule has 1 aliphatic rings. The summed E-state index contributed by atoms with van der Waals surface area (Å²) in [6, 6.07) is 12.3. The number of benzene rings is 1. The molecule has 0 spiro atoms. The van der Waals surface area contributed by atoms with E-state index >= 15 is 0 Å². The Bertz CT molecular complexity index is 1170. The second kappa shape index (κ2) is 8.63. The van der Waals surface area contributed by atoms with Crippen molar-refractivity contribution in [2.75, 3.05) is 12.4 Å². The van der Waals surface area contributed by atoms with Crippen LogP contribution in [0.5, 0.6) is 0 Å². The van der Waals surface area contributed by atoms with E-state index in [1.165, 1.54) is 11.8 Å². The van der Waals surface area contributed by atoms with Crippen molar-refractivity contribution in [1.82, 2.24) is 14.8 Å². The highest BCUT2D eigenvalue weighted by Gasteiger charge is 2.23. The molecule has 0 radical (unpaired) electrons. The van der Waals surface area contributed by atoms with Crippen LogP contribution in [0.25, 0.3) is 20.8 Å². The molecule has 30 heavy (non-hydrogen) atoms. The molecule has 0 aliphatic carbocycles. The van der Waals surface area contributed by atoms with Crippen molar-refractivity contribution >= 4 is 50.3 Å². The highest BCUT2D eigenvalue weighted by molar-refractivity contribution is 7.99. The Morgan fingerprint density at radius 2 is 2.17 bits per heavy atom. The van der Waals surface area contributed by atoms with Gasteiger partial charge in [0.15, 0.2) is 16.8 Å². The molecule has 1 atom stereocenters. The zero-order chi connectivity index (χ0) is 20.5. The van der Waals surface area contributed by atoms with Gasteiger partial charge in [0.1, 0.15) is 0 Å². The predicted molar refractivity (Wildman–Crippen MR) is 124 cm³/mol. The molecule has 1 fully saturated rings. The van der Waals surface area contributed by atoms with Crippen molar-refractivity contribution < 1.29 is 9.53 Å². The number of ketones is 1. The van der Waals surface area contributed by atoms with Crippen LogP contribution in [0.1, 0.15) is 28.1 Å². The summed E-state index contributed by atoms with van der Waals surface area (Å²) in [5, 5.41) is 12.9. The molecule has 1 saturated heterocycles. The maximum absolute atomic E-state index is 13.0. The van der Waals surface area contributed by atoms with Gasteiger partial charge in [-0.15, -0.1) is 32.9 Å². The lowest BCUT2D eigenvalue weighted by atomic mass is 10.1. The second-order valence-electron chi connectivity index (χ2n) is 7.29. The number of fused-ring (bicyclic) bond motifs is 1. The summed E-state index contributed by atoms with van der Waals surface area (Å²) in [5.41, 5.74) is 1.07. The number of Topliss-reactive ketones (excluding diaryl/α,β-unsaturated/α-hetero) is 1. The number of nitrogens with zero attached hydrogens (tertiary/aromatic N) is 3. The van der Waals surface area contributed by atoms with Crippen LogP contribution in [0.3, 0.4) is 0 Å². The Kier molecular flexibility index (Phi) is 5.73. The zero-order valence-electron chi connectivity index (χ0n) is 16.5. The van der Waals surface area contributed by atoms with Crippen LogP contribution in [0.15, 0.2) is 46.9 Å². The van der Waals surface area contributed by atoms with Gasteiger partial charge in [0.2, 0.25) is 0 Å². The van der Waals surface area contributed by atoms with Gasteiger partial charge in [-0.2, -0.15) is 0 Å². The molecule has 154 valence electrons. The second-order valence-corrected chi connectivity index (χ2v) is 10.2. The number of rotatable bonds is 7. The van der Waals surface area contributed by atoms with E-state index in [1.54, 1.807) is 22.7 Å². The Morgan fingerprint density at radius 3 is 2.93 bits per heavy atom. The van der Waals surface area contributed by atoms with E-state index in [-0.39, 0.29) is 11.9 Å². The third kappa shape index (κ3) is 3.85. The number of aromatic nitrogens is 3. The Balaban J connectivity index is 1.38. The highest BCUT2D eigenvalue weighted by atomic mass is 32.2. The summed E-state index contributed by atoms with van der Waals surface area (Å²) in [6.07, 6.45) is 2.32. The molecule has 3 aromatic heterocycles. The van der Waals surface area contributed by atoms with Gasteiger partial charge in [-0.05, 0) is 48.2 Å². The van der Waals surface area contributed by atoms with Crippen LogP contribution in [0, 0.1) is 6.92 Å².